The van der Waals surface area contributed by atoms with Gasteiger partial charge in [-0.3, -0.25) is 0 Å². The highest BCUT2D eigenvalue weighted by atomic mass is 79.9. The lowest BCUT2D eigenvalue weighted by Gasteiger charge is -2.06. The van der Waals surface area contributed by atoms with Crippen LogP contribution in [0.3, 0.4) is 0 Å². The van der Waals surface area contributed by atoms with Crippen molar-refractivity contribution in [2.75, 3.05) is 12.3 Å². The molecular formula is C14H14BrNO2S2. The lowest BCUT2D eigenvalue weighted by Crippen LogP contribution is -2.25. The first-order chi connectivity index (χ1) is 9.58. The molecule has 3 nitrogen and oxygen atoms in total. The van der Waals surface area contributed by atoms with E-state index in [0.29, 0.717) is 12.3 Å². The molecule has 0 aliphatic rings. The van der Waals surface area contributed by atoms with Crippen LogP contribution in [-0.2, 0) is 10.0 Å². The average Bonchev–Trinajstić information content (AvgIpc) is 2.45. The molecule has 6 heteroatoms. The Bertz CT molecular complexity index is 643. The van der Waals surface area contributed by atoms with Gasteiger partial charge in [0, 0.05) is 21.7 Å². The van der Waals surface area contributed by atoms with E-state index in [2.05, 4.69) is 20.7 Å². The Morgan fingerprint density at radius 1 is 1.00 bits per heavy atom. The van der Waals surface area contributed by atoms with E-state index in [4.69, 9.17) is 0 Å². The molecule has 0 aliphatic heterocycles. The summed E-state index contributed by atoms with van der Waals surface area (Å²) in [5.74, 6) is 0.694. The largest absolute Gasteiger partial charge is 0.240 e. The third-order valence-corrected chi connectivity index (χ3v) is 5.55. The first-order valence-electron chi connectivity index (χ1n) is 6.01. The minimum Gasteiger partial charge on any atom is -0.210 e. The summed E-state index contributed by atoms with van der Waals surface area (Å²) in [6.07, 6.45) is 0. The maximum Gasteiger partial charge on any atom is 0.240 e. The number of rotatable bonds is 6. The molecule has 0 saturated heterocycles. The van der Waals surface area contributed by atoms with Crippen LogP contribution in [0.4, 0.5) is 0 Å². The molecule has 2 aromatic carbocycles. The van der Waals surface area contributed by atoms with Crippen molar-refractivity contribution in [2.45, 2.75) is 9.79 Å². The van der Waals surface area contributed by atoms with Crippen molar-refractivity contribution in [1.82, 2.24) is 4.72 Å². The van der Waals surface area contributed by atoms with Crippen molar-refractivity contribution >= 4 is 37.7 Å². The van der Waals surface area contributed by atoms with E-state index in [-0.39, 0.29) is 4.90 Å². The summed E-state index contributed by atoms with van der Waals surface area (Å²) in [5.41, 5.74) is 0. The molecule has 0 aromatic heterocycles. The van der Waals surface area contributed by atoms with Crippen LogP contribution in [0.15, 0.2) is 68.9 Å². The molecule has 0 bridgehead atoms. The molecule has 0 atom stereocenters. The Morgan fingerprint density at radius 2 is 1.65 bits per heavy atom. The second-order valence-corrected chi connectivity index (χ2v) is 7.86. The van der Waals surface area contributed by atoms with Gasteiger partial charge in [0.05, 0.1) is 4.90 Å². The van der Waals surface area contributed by atoms with E-state index in [9.17, 15) is 8.42 Å². The van der Waals surface area contributed by atoms with E-state index in [0.717, 1.165) is 9.37 Å². The second-order valence-electron chi connectivity index (χ2n) is 4.01. The minimum atomic E-state index is -3.42. The smallest absolute Gasteiger partial charge is 0.210 e. The van der Waals surface area contributed by atoms with E-state index in [1.165, 1.54) is 0 Å². The summed E-state index contributed by atoms with van der Waals surface area (Å²) in [6, 6.07) is 16.5. The summed E-state index contributed by atoms with van der Waals surface area (Å²) < 4.78 is 27.5. The van der Waals surface area contributed by atoms with Crippen LogP contribution in [0.2, 0.25) is 0 Å². The third-order valence-electron chi connectivity index (χ3n) is 2.53. The van der Waals surface area contributed by atoms with Gasteiger partial charge in [0.2, 0.25) is 10.0 Å². The van der Waals surface area contributed by atoms with Crippen LogP contribution < -0.4 is 4.72 Å². The molecule has 0 amide bonds. The van der Waals surface area contributed by atoms with Gasteiger partial charge in [0.25, 0.3) is 0 Å². The fourth-order valence-electron chi connectivity index (χ4n) is 1.56. The summed E-state index contributed by atoms with van der Waals surface area (Å²) in [5, 5.41) is 0. The van der Waals surface area contributed by atoms with Crippen LogP contribution in [0.1, 0.15) is 0 Å². The Morgan fingerprint density at radius 3 is 2.30 bits per heavy atom. The first kappa shape index (κ1) is 15.6. The highest BCUT2D eigenvalue weighted by Gasteiger charge is 2.12. The maximum atomic E-state index is 12.0. The van der Waals surface area contributed by atoms with Gasteiger partial charge in [0.1, 0.15) is 0 Å². The highest BCUT2D eigenvalue weighted by Crippen LogP contribution is 2.17. The number of thioether (sulfide) groups is 1. The SMILES string of the molecule is O=S(=O)(NCCSc1ccccc1)c1ccc(Br)cc1. The van der Waals surface area contributed by atoms with E-state index < -0.39 is 10.0 Å². The minimum absolute atomic E-state index is 0.283. The summed E-state index contributed by atoms with van der Waals surface area (Å²) >= 11 is 4.91. The molecule has 0 saturated carbocycles. The zero-order valence-electron chi connectivity index (χ0n) is 10.6. The van der Waals surface area contributed by atoms with Gasteiger partial charge in [-0.05, 0) is 36.4 Å². The van der Waals surface area contributed by atoms with Crippen molar-refractivity contribution < 1.29 is 8.42 Å². The molecule has 106 valence electrons. The number of benzene rings is 2. The van der Waals surface area contributed by atoms with Gasteiger partial charge in [-0.15, -0.1) is 11.8 Å². The van der Waals surface area contributed by atoms with Crippen molar-refractivity contribution in [3.8, 4) is 0 Å². The number of hydrogen-bond donors (Lipinski definition) is 1. The van der Waals surface area contributed by atoms with Crippen LogP contribution in [0.25, 0.3) is 0 Å². The standard InChI is InChI=1S/C14H14BrNO2S2/c15-12-6-8-14(9-7-12)20(17,18)16-10-11-19-13-4-2-1-3-5-13/h1-9,16H,10-11H2. The van der Waals surface area contributed by atoms with E-state index in [1.54, 1.807) is 36.0 Å². The Kier molecular flexibility index (Phi) is 5.65. The molecule has 1 N–H and O–H groups in total. The predicted octanol–water partition coefficient (Wildman–Crippen LogP) is 3.52. The van der Waals surface area contributed by atoms with E-state index in [1.807, 2.05) is 30.3 Å². The molecule has 2 rings (SSSR count). The molecule has 0 radical (unpaired) electrons. The first-order valence-corrected chi connectivity index (χ1v) is 9.27. The summed E-state index contributed by atoms with van der Waals surface area (Å²) in [4.78, 5) is 1.42. The third kappa shape index (κ3) is 4.63. The number of hydrogen-bond acceptors (Lipinski definition) is 3. The molecular weight excluding hydrogens is 358 g/mol. The summed E-state index contributed by atoms with van der Waals surface area (Å²) in [7, 11) is -3.42. The Hall–Kier alpha value is -0.820. The topological polar surface area (TPSA) is 46.2 Å². The molecule has 20 heavy (non-hydrogen) atoms. The molecule has 0 spiro atoms. The van der Waals surface area contributed by atoms with Gasteiger partial charge >= 0.3 is 0 Å². The lowest BCUT2D eigenvalue weighted by molar-refractivity contribution is 0.584. The molecule has 0 unspecified atom stereocenters. The van der Waals surface area contributed by atoms with Crippen LogP contribution in [0.5, 0.6) is 0 Å². The molecule has 0 fully saturated rings. The van der Waals surface area contributed by atoms with Crippen molar-refractivity contribution in [3.63, 3.8) is 0 Å². The summed E-state index contributed by atoms with van der Waals surface area (Å²) in [6.45, 7) is 0.401. The fourth-order valence-corrected chi connectivity index (χ4v) is 3.77. The average molecular weight is 372 g/mol. The highest BCUT2D eigenvalue weighted by molar-refractivity contribution is 9.10. The molecule has 0 heterocycles. The number of halogens is 1. The van der Waals surface area contributed by atoms with Gasteiger partial charge in [0.15, 0.2) is 0 Å². The van der Waals surface area contributed by atoms with Gasteiger partial charge < -0.3 is 0 Å². The van der Waals surface area contributed by atoms with Crippen LogP contribution >= 0.6 is 27.7 Å². The number of nitrogens with one attached hydrogen (secondary N) is 1. The van der Waals surface area contributed by atoms with Gasteiger partial charge in [-0.25, -0.2) is 13.1 Å². The Labute approximate surface area is 132 Å². The van der Waals surface area contributed by atoms with Gasteiger partial charge in [-0.2, -0.15) is 0 Å². The van der Waals surface area contributed by atoms with Crippen molar-refractivity contribution in [3.05, 3.63) is 59.1 Å². The van der Waals surface area contributed by atoms with Crippen molar-refractivity contribution in [2.24, 2.45) is 0 Å². The maximum absolute atomic E-state index is 12.0. The predicted molar refractivity (Wildman–Crippen MR) is 86.5 cm³/mol. The van der Waals surface area contributed by atoms with Gasteiger partial charge in [-0.1, -0.05) is 34.1 Å². The molecule has 0 aliphatic carbocycles. The lowest BCUT2D eigenvalue weighted by atomic mass is 10.4. The monoisotopic (exact) mass is 371 g/mol. The van der Waals surface area contributed by atoms with Crippen LogP contribution in [-0.4, -0.2) is 20.7 Å². The quantitative estimate of drug-likeness (QED) is 0.624. The Balaban J connectivity index is 1.85. The van der Waals surface area contributed by atoms with E-state index >= 15 is 0 Å². The zero-order chi connectivity index (χ0) is 14.4. The normalized spacial score (nSPS) is 11.4. The molecule has 2 aromatic rings. The number of sulfonamides is 1. The van der Waals surface area contributed by atoms with Crippen LogP contribution in [0, 0.1) is 0 Å². The second kappa shape index (κ2) is 7.26. The fraction of sp³-hybridized carbons (Fsp3) is 0.143. The van der Waals surface area contributed by atoms with Crippen molar-refractivity contribution in [1.29, 1.82) is 0 Å². The zero-order valence-corrected chi connectivity index (χ0v) is 13.8.